The monoisotopic (exact) mass is 484 g/mol. The van der Waals surface area contributed by atoms with Gasteiger partial charge in [0.2, 0.25) is 0 Å². The number of likely N-dealkylation sites (tertiary alicyclic amines) is 1. The molecule has 0 radical (unpaired) electrons. The van der Waals surface area contributed by atoms with Gasteiger partial charge in [-0.25, -0.2) is 4.79 Å². The number of fused-ring (bicyclic) bond motifs is 1. The smallest absolute Gasteiger partial charge is 0.334 e. The fourth-order valence-corrected chi connectivity index (χ4v) is 10.4. The van der Waals surface area contributed by atoms with E-state index < -0.39 is 0 Å². The standard InChI is InChI=1S/C28H40N2O5/c1-6-22(32)34-25-15(4)16-13-27(25)17-11-19-26(5)10-9-21(31)28(19,24(17)30(8-3)14-26)20(27)12-18(16)29-35-23(33)7-2/h16-17,19-21,24-25,31H,4,6-14H2,1-3,5H3/b29-18-/t16-,17+,19-,20-,21+,24-,25-,26+,27+,28+/m1/s1. The second kappa shape index (κ2) is 7.64. The number of oxime groups is 1. The average Bonchev–Trinajstić information content (AvgIpc) is 3.38. The molecule has 192 valence electrons. The minimum atomic E-state index is -0.387. The summed E-state index contributed by atoms with van der Waals surface area (Å²) in [6, 6.07) is 0.276. The molecule has 5 saturated carbocycles. The van der Waals surface area contributed by atoms with Crippen LogP contribution in [0.15, 0.2) is 17.3 Å². The van der Waals surface area contributed by atoms with Crippen LogP contribution in [0.1, 0.15) is 72.6 Å². The molecular weight excluding hydrogens is 444 g/mol. The lowest BCUT2D eigenvalue weighted by Crippen LogP contribution is -2.68. The molecule has 7 heteroatoms. The Morgan fingerprint density at radius 3 is 2.63 bits per heavy atom. The highest BCUT2D eigenvalue weighted by Gasteiger charge is 2.85. The summed E-state index contributed by atoms with van der Waals surface area (Å²) in [7, 11) is 0. The van der Waals surface area contributed by atoms with Crippen LogP contribution < -0.4 is 0 Å². The Kier molecular flexibility index (Phi) is 5.16. The van der Waals surface area contributed by atoms with Crippen molar-refractivity contribution in [2.45, 2.75) is 90.9 Å². The zero-order valence-electron chi connectivity index (χ0n) is 21.6. The van der Waals surface area contributed by atoms with Gasteiger partial charge in [0, 0.05) is 42.2 Å². The number of aliphatic hydroxyl groups is 1. The highest BCUT2D eigenvalue weighted by atomic mass is 16.7. The first kappa shape index (κ1) is 23.7. The minimum absolute atomic E-state index is 0.0524. The molecule has 1 N–H and O–H groups in total. The molecule has 0 aromatic rings. The third kappa shape index (κ3) is 2.67. The zero-order chi connectivity index (χ0) is 24.9. The predicted molar refractivity (Wildman–Crippen MR) is 130 cm³/mol. The van der Waals surface area contributed by atoms with Crippen LogP contribution >= 0.6 is 0 Å². The second-order valence-electron chi connectivity index (χ2n) is 12.4. The quantitative estimate of drug-likeness (QED) is 0.277. The first-order chi connectivity index (χ1) is 16.7. The van der Waals surface area contributed by atoms with Gasteiger partial charge >= 0.3 is 11.9 Å². The Bertz CT molecular complexity index is 1010. The number of hydrogen-bond acceptors (Lipinski definition) is 7. The summed E-state index contributed by atoms with van der Waals surface area (Å²) >= 11 is 0. The Morgan fingerprint density at radius 1 is 1.20 bits per heavy atom. The maximum absolute atomic E-state index is 12.7. The van der Waals surface area contributed by atoms with Crippen molar-refractivity contribution in [2.24, 2.45) is 45.1 Å². The van der Waals surface area contributed by atoms with E-state index in [-0.39, 0.29) is 64.7 Å². The fraction of sp³-hybridized carbons (Fsp3) is 0.821. The Morgan fingerprint density at radius 2 is 1.94 bits per heavy atom. The van der Waals surface area contributed by atoms with Gasteiger partial charge < -0.3 is 14.7 Å². The first-order valence-corrected chi connectivity index (χ1v) is 13.8. The van der Waals surface area contributed by atoms with E-state index in [0.717, 1.165) is 50.1 Å². The maximum Gasteiger partial charge on any atom is 0.334 e. The number of ether oxygens (including phenoxy) is 1. The highest BCUT2D eigenvalue weighted by Crippen LogP contribution is 2.83. The number of aliphatic hydroxyl groups excluding tert-OH is 1. The van der Waals surface area contributed by atoms with Crippen molar-refractivity contribution in [1.29, 1.82) is 0 Å². The number of carbonyl (C=O) groups is 2. The van der Waals surface area contributed by atoms with Gasteiger partial charge in [-0.15, -0.1) is 0 Å². The summed E-state index contributed by atoms with van der Waals surface area (Å²) in [6.45, 7) is 14.8. The topological polar surface area (TPSA) is 88.4 Å². The maximum atomic E-state index is 12.7. The molecule has 7 bridgehead atoms. The van der Waals surface area contributed by atoms with Crippen LogP contribution in [0.5, 0.6) is 0 Å². The van der Waals surface area contributed by atoms with Crippen molar-refractivity contribution in [3.8, 4) is 0 Å². The number of hydrogen-bond donors (Lipinski definition) is 1. The van der Waals surface area contributed by atoms with Gasteiger partial charge in [-0.3, -0.25) is 9.69 Å². The lowest BCUT2D eigenvalue weighted by Gasteiger charge is -2.65. The molecule has 6 rings (SSSR count). The zero-order valence-corrected chi connectivity index (χ0v) is 21.6. The molecule has 0 aromatic heterocycles. The summed E-state index contributed by atoms with van der Waals surface area (Å²) in [5.41, 5.74) is 1.42. The van der Waals surface area contributed by atoms with E-state index in [2.05, 4.69) is 30.5 Å². The molecule has 0 unspecified atom stereocenters. The summed E-state index contributed by atoms with van der Waals surface area (Å²) in [4.78, 5) is 32.6. The van der Waals surface area contributed by atoms with E-state index in [1.165, 1.54) is 0 Å². The second-order valence-corrected chi connectivity index (χ2v) is 12.4. The summed E-state index contributed by atoms with van der Waals surface area (Å²) in [5, 5.41) is 16.3. The van der Waals surface area contributed by atoms with E-state index in [1.54, 1.807) is 6.92 Å². The largest absolute Gasteiger partial charge is 0.457 e. The molecular formula is C28H40N2O5. The number of rotatable bonds is 5. The number of esters is 1. The van der Waals surface area contributed by atoms with E-state index >= 15 is 0 Å². The number of carbonyl (C=O) groups excluding carboxylic acids is 2. The molecule has 10 atom stereocenters. The van der Waals surface area contributed by atoms with Crippen molar-refractivity contribution in [1.82, 2.24) is 4.90 Å². The molecule has 2 spiro atoms. The van der Waals surface area contributed by atoms with Crippen molar-refractivity contribution < 1.29 is 24.3 Å². The van der Waals surface area contributed by atoms with Crippen molar-refractivity contribution in [3.63, 3.8) is 0 Å². The van der Waals surface area contributed by atoms with Crippen LogP contribution in [0.3, 0.4) is 0 Å². The van der Waals surface area contributed by atoms with Crippen LogP contribution in [-0.4, -0.2) is 59.0 Å². The van der Waals surface area contributed by atoms with Gasteiger partial charge in [0.05, 0.1) is 11.8 Å². The summed E-state index contributed by atoms with van der Waals surface area (Å²) < 4.78 is 6.25. The Hall–Kier alpha value is -1.73. The van der Waals surface area contributed by atoms with E-state index in [0.29, 0.717) is 24.7 Å². The van der Waals surface area contributed by atoms with Gasteiger partial charge in [0.15, 0.2) is 0 Å². The molecule has 35 heavy (non-hydrogen) atoms. The summed E-state index contributed by atoms with van der Waals surface area (Å²) in [5.74, 6) is 0.317. The van der Waals surface area contributed by atoms with E-state index in [1.807, 2.05) is 6.92 Å². The van der Waals surface area contributed by atoms with Crippen LogP contribution in [0, 0.1) is 39.9 Å². The van der Waals surface area contributed by atoms with Crippen LogP contribution in [-0.2, 0) is 19.2 Å². The van der Waals surface area contributed by atoms with Gasteiger partial charge in [-0.1, -0.05) is 39.4 Å². The van der Waals surface area contributed by atoms with E-state index in [4.69, 9.17) is 9.57 Å². The SMILES string of the molecule is C=C1[C@H]2C[C@@]3([C@@H]1OC(=O)CC)[C@@H](C/C2=N/OC(=O)CC)[C@]12[C@@H]4C[C@H]3[C@H]1N(CC)C[C@]4(C)CC[C@@H]2O. The highest BCUT2D eigenvalue weighted by molar-refractivity contribution is 5.92. The molecule has 6 aliphatic rings. The Balaban J connectivity index is 1.53. The first-order valence-electron chi connectivity index (χ1n) is 13.8. The minimum Gasteiger partial charge on any atom is -0.457 e. The van der Waals surface area contributed by atoms with Crippen molar-refractivity contribution in [3.05, 3.63) is 12.2 Å². The van der Waals surface area contributed by atoms with Crippen LogP contribution in [0.4, 0.5) is 0 Å². The molecule has 6 fully saturated rings. The normalized spacial score (nSPS) is 50.4. The lowest BCUT2D eigenvalue weighted by molar-refractivity contribution is -0.209. The lowest BCUT2D eigenvalue weighted by atomic mass is 9.43. The summed E-state index contributed by atoms with van der Waals surface area (Å²) in [6.07, 6.45) is 4.29. The molecule has 1 saturated heterocycles. The van der Waals surface area contributed by atoms with Crippen molar-refractivity contribution >= 4 is 17.7 Å². The van der Waals surface area contributed by atoms with Crippen LogP contribution in [0.25, 0.3) is 0 Å². The van der Waals surface area contributed by atoms with Crippen molar-refractivity contribution in [2.75, 3.05) is 13.1 Å². The number of piperidine rings is 1. The fourth-order valence-electron chi connectivity index (χ4n) is 10.4. The molecule has 0 aromatic carbocycles. The molecule has 1 aliphatic heterocycles. The Labute approximate surface area is 208 Å². The van der Waals surface area contributed by atoms with Gasteiger partial charge in [0.25, 0.3) is 0 Å². The van der Waals surface area contributed by atoms with Crippen LogP contribution in [0.2, 0.25) is 0 Å². The predicted octanol–water partition coefficient (Wildman–Crippen LogP) is 3.70. The third-order valence-electron chi connectivity index (χ3n) is 11.4. The number of nitrogens with zero attached hydrogens (tertiary/aromatic N) is 2. The molecule has 1 heterocycles. The van der Waals surface area contributed by atoms with Gasteiger partial charge in [0.1, 0.15) is 6.10 Å². The molecule has 5 aliphatic carbocycles. The molecule has 0 amide bonds. The van der Waals surface area contributed by atoms with E-state index in [9.17, 15) is 14.7 Å². The third-order valence-corrected chi connectivity index (χ3v) is 11.4. The van der Waals surface area contributed by atoms with Gasteiger partial charge in [-0.05, 0) is 67.4 Å². The molecule has 7 nitrogen and oxygen atoms in total. The van der Waals surface area contributed by atoms with Gasteiger partial charge in [-0.2, -0.15) is 0 Å². The average molecular weight is 485 g/mol.